The summed E-state index contributed by atoms with van der Waals surface area (Å²) in [7, 11) is -3.79. The number of sulfonamides is 1. The van der Waals surface area contributed by atoms with Crippen molar-refractivity contribution >= 4 is 51.4 Å². The van der Waals surface area contributed by atoms with Crippen LogP contribution in [0.3, 0.4) is 0 Å². The van der Waals surface area contributed by atoms with Gasteiger partial charge in [-0.25, -0.2) is 18.2 Å². The normalized spacial score (nSPS) is 13.2. The molecule has 0 saturated carbocycles. The van der Waals surface area contributed by atoms with Crippen LogP contribution in [0.4, 0.5) is 10.5 Å². The highest BCUT2D eigenvalue weighted by Gasteiger charge is 2.37. The summed E-state index contributed by atoms with van der Waals surface area (Å²) in [4.78, 5) is 55.6. The van der Waals surface area contributed by atoms with Crippen molar-refractivity contribution in [3.63, 3.8) is 0 Å². The number of hydrogen-bond acceptors (Lipinski definition) is 34. The third-order valence-corrected chi connectivity index (χ3v) is 19.6. The van der Waals surface area contributed by atoms with Gasteiger partial charge in [0.25, 0.3) is 0 Å². The lowest BCUT2D eigenvalue weighted by Crippen LogP contribution is -2.49. The zero-order chi connectivity index (χ0) is 90.4. The second-order valence-corrected chi connectivity index (χ2v) is 31.2. The SMILES string of the molecule is CCCN(CCCNC(=O)OC(C)(C)C)C(=O)C1=Cc2ccc(-c3cccc(S(=O)(=O)N4CC(CCC(=O)CCOCCOCCOCCOCCOCCOCCOCCOCCOCCOCCOCCOCCOCCOCCOCCOCCOCCOCCOCCOCCOCCOCCOCCOCCOCCC(=O)O)C4)c3)cc2N=C(N)C1. The van der Waals surface area contributed by atoms with Gasteiger partial charge in [-0.3, -0.25) is 14.4 Å². The molecule has 0 aliphatic carbocycles. The smallest absolute Gasteiger partial charge is 0.407 e. The number of rotatable bonds is 91. The molecule has 0 spiro atoms. The minimum atomic E-state index is -3.79. The van der Waals surface area contributed by atoms with Crippen LogP contribution in [-0.4, -0.2) is 421 Å². The number of nitrogens with two attached hydrogens (primary N) is 1. The number of aliphatic carboxylic acids is 1. The lowest BCUT2D eigenvalue weighted by molar-refractivity contribution is -0.138. The van der Waals surface area contributed by atoms with Crippen LogP contribution in [-0.2, 0) is 148 Å². The van der Waals surface area contributed by atoms with Crippen molar-refractivity contribution in [1.29, 1.82) is 0 Å². The number of nitrogens with one attached hydrogen (secondary N) is 1. The highest BCUT2D eigenvalue weighted by molar-refractivity contribution is 7.89. The Morgan fingerprint density at radius 2 is 0.754 bits per heavy atom. The number of carbonyl (C=O) groups is 4. The van der Waals surface area contributed by atoms with Crippen LogP contribution < -0.4 is 11.1 Å². The molecule has 39 heteroatoms. The van der Waals surface area contributed by atoms with E-state index >= 15 is 0 Å². The van der Waals surface area contributed by atoms with Gasteiger partial charge < -0.3 is 144 Å². The van der Waals surface area contributed by atoms with Crippen LogP contribution in [0.15, 0.2) is 57.9 Å². The van der Waals surface area contributed by atoms with Gasteiger partial charge in [-0.05, 0) is 81.4 Å². The van der Waals surface area contributed by atoms with Gasteiger partial charge in [-0.15, -0.1) is 0 Å². The molecule has 0 bridgehead atoms. The topological polar surface area (TPSA) is 420 Å². The van der Waals surface area contributed by atoms with Gasteiger partial charge in [-0.2, -0.15) is 4.31 Å². The molecule has 2 amide bonds. The largest absolute Gasteiger partial charge is 0.481 e. The summed E-state index contributed by atoms with van der Waals surface area (Å²) in [5.74, 6) is -0.612. The molecular weight excluding hydrogens is 1680 g/mol. The number of aliphatic imine (C=N–C) groups is 1. The van der Waals surface area contributed by atoms with Crippen LogP contribution in [0.1, 0.15) is 78.2 Å². The van der Waals surface area contributed by atoms with Gasteiger partial charge in [0.1, 0.15) is 17.2 Å². The van der Waals surface area contributed by atoms with E-state index < -0.39 is 27.7 Å². The molecule has 126 heavy (non-hydrogen) atoms. The molecule has 1 saturated heterocycles. The maximum absolute atomic E-state index is 13.9. The highest BCUT2D eigenvalue weighted by atomic mass is 32.2. The van der Waals surface area contributed by atoms with E-state index in [4.69, 9.17) is 134 Å². The summed E-state index contributed by atoms with van der Waals surface area (Å²) < 4.78 is 172. The molecule has 2 aromatic rings. The first kappa shape index (κ1) is 113. The van der Waals surface area contributed by atoms with E-state index in [0.29, 0.717) is 392 Å². The summed E-state index contributed by atoms with van der Waals surface area (Å²) >= 11 is 0. The number of nitrogens with zero attached hydrogens (tertiary/aromatic N) is 3. The lowest BCUT2D eigenvalue weighted by Gasteiger charge is -2.38. The molecule has 2 aliphatic heterocycles. The molecule has 0 atom stereocenters. The molecule has 4 rings (SSSR count). The fourth-order valence-corrected chi connectivity index (χ4v) is 13.0. The second kappa shape index (κ2) is 78.1. The first-order valence-electron chi connectivity index (χ1n) is 44.3. The fourth-order valence-electron chi connectivity index (χ4n) is 11.4. The minimum absolute atomic E-state index is 0.0148. The van der Waals surface area contributed by atoms with Crippen molar-refractivity contribution in [1.82, 2.24) is 14.5 Å². The molecule has 2 heterocycles. The quantitative estimate of drug-likeness (QED) is 0.0685. The Hall–Kier alpha value is -5.56. The second-order valence-electron chi connectivity index (χ2n) is 29.3. The van der Waals surface area contributed by atoms with Gasteiger partial charge in [0.05, 0.1) is 347 Å². The van der Waals surface area contributed by atoms with Crippen molar-refractivity contribution in [3.05, 3.63) is 53.6 Å². The van der Waals surface area contributed by atoms with E-state index in [1.165, 1.54) is 4.31 Å². The van der Waals surface area contributed by atoms with E-state index in [0.717, 1.165) is 12.0 Å². The molecule has 1 fully saturated rings. The Morgan fingerprint density at radius 3 is 1.07 bits per heavy atom. The summed E-state index contributed by atoms with van der Waals surface area (Å²) in [6, 6.07) is 12.4. The van der Waals surface area contributed by atoms with Crippen molar-refractivity contribution in [2.24, 2.45) is 16.6 Å². The number of carboxylic acids is 1. The number of ketones is 1. The number of alkyl carbamates (subject to hydrolysis) is 1. The number of ether oxygens (including phenoxy) is 26. The molecule has 38 nitrogen and oxygen atoms in total. The molecular formula is C87H149N5O33S. The number of amidine groups is 1. The van der Waals surface area contributed by atoms with E-state index in [1.807, 2.05) is 37.3 Å². The molecule has 2 aliphatic rings. The minimum Gasteiger partial charge on any atom is -0.481 e. The number of carboxylic acid groups (broad SMARTS) is 1. The molecule has 726 valence electrons. The van der Waals surface area contributed by atoms with E-state index in [9.17, 15) is 27.6 Å². The van der Waals surface area contributed by atoms with Gasteiger partial charge in [-0.1, -0.05) is 31.2 Å². The highest BCUT2D eigenvalue weighted by Crippen LogP contribution is 2.35. The third kappa shape index (κ3) is 62.7. The van der Waals surface area contributed by atoms with Gasteiger partial charge >= 0.3 is 12.1 Å². The van der Waals surface area contributed by atoms with Gasteiger partial charge in [0.15, 0.2) is 0 Å². The Kier molecular flexibility index (Phi) is 69.9. The summed E-state index contributed by atoms with van der Waals surface area (Å²) in [5, 5.41) is 11.3. The lowest BCUT2D eigenvalue weighted by atomic mass is 9.95. The molecule has 0 aromatic heterocycles. The predicted molar refractivity (Wildman–Crippen MR) is 465 cm³/mol. The van der Waals surface area contributed by atoms with E-state index in [-0.39, 0.29) is 60.8 Å². The van der Waals surface area contributed by atoms with Gasteiger partial charge in [0, 0.05) is 63.1 Å². The van der Waals surface area contributed by atoms with Crippen LogP contribution in [0, 0.1) is 5.92 Å². The maximum atomic E-state index is 13.9. The molecule has 4 N–H and O–H groups in total. The number of benzene rings is 2. The zero-order valence-electron chi connectivity index (χ0n) is 75.4. The Morgan fingerprint density at radius 1 is 0.437 bits per heavy atom. The van der Waals surface area contributed by atoms with Gasteiger partial charge in [0.2, 0.25) is 15.9 Å². The fraction of sp³-hybridized carbons (Fsp3) is 0.782. The molecule has 0 radical (unpaired) electrons. The number of hydrogen-bond donors (Lipinski definition) is 3. The molecule has 2 aromatic carbocycles. The number of carbonyl (C=O) groups excluding carboxylic acids is 3. The number of Topliss-reactive ketones (excluding diaryl/α,β-unsaturated/α-hetero) is 1. The van der Waals surface area contributed by atoms with Crippen LogP contribution in [0.5, 0.6) is 0 Å². The monoisotopic (exact) mass is 1820 g/mol. The van der Waals surface area contributed by atoms with Crippen molar-refractivity contribution in [2.75, 3.05) is 363 Å². The first-order valence-corrected chi connectivity index (χ1v) is 45.7. The van der Waals surface area contributed by atoms with Crippen LogP contribution >= 0.6 is 0 Å². The standard InChI is InChI=1S/C87H149N5O33S/c1-5-17-91(18-7-16-89-86(97)125-87(2,3)4)85(96)79-69-78-12-11-77(71-82(78)90-83(88)72-79)76-8-6-9-81(70-76)126(98,99)92-73-75(74-92)10-13-80(93)14-19-100-21-23-102-25-27-104-29-31-106-33-35-108-37-39-110-41-43-112-45-47-114-49-51-116-53-55-118-57-59-120-61-63-122-65-67-124-68-66-123-64-62-121-60-58-119-56-54-117-52-50-115-48-46-113-44-42-111-40-38-109-36-34-107-32-30-105-28-26-103-24-22-101-20-15-84(94)95/h6,8-9,11-12,69-71,75H,5,7,10,13-68,72-74H2,1-4H3,(H2,88,90)(H,89,97)(H,94,95). The van der Waals surface area contributed by atoms with Crippen molar-refractivity contribution in [3.8, 4) is 11.1 Å². The summed E-state index contributed by atoms with van der Waals surface area (Å²) in [6.07, 6.45) is 3.96. The van der Waals surface area contributed by atoms with E-state index in [1.54, 1.807) is 43.9 Å². The summed E-state index contributed by atoms with van der Waals surface area (Å²) in [6.45, 7) is 31.4. The summed E-state index contributed by atoms with van der Waals surface area (Å²) in [5.41, 5.74) is 8.99. The zero-order valence-corrected chi connectivity index (χ0v) is 76.2. The number of fused-ring (bicyclic) bond motifs is 1. The average Bonchev–Trinajstić information content (AvgIpc) is 0.848. The average molecular weight is 1830 g/mol. The third-order valence-electron chi connectivity index (χ3n) is 17.8. The number of amides is 2. The van der Waals surface area contributed by atoms with E-state index in [2.05, 4.69) is 10.3 Å². The molecule has 0 unspecified atom stereocenters. The van der Waals surface area contributed by atoms with Crippen LogP contribution in [0.25, 0.3) is 17.2 Å². The maximum Gasteiger partial charge on any atom is 0.407 e. The first-order chi connectivity index (χ1) is 61.5. The van der Waals surface area contributed by atoms with Crippen molar-refractivity contribution < 1.29 is 156 Å². The van der Waals surface area contributed by atoms with Crippen molar-refractivity contribution in [2.45, 2.75) is 83.1 Å². The van der Waals surface area contributed by atoms with Crippen LogP contribution in [0.2, 0.25) is 0 Å². The Bertz CT molecular complexity index is 3190. The Labute approximate surface area is 746 Å². The Balaban J connectivity index is 0.768. The predicted octanol–water partition coefficient (Wildman–Crippen LogP) is 5.53.